The van der Waals surface area contributed by atoms with Crippen molar-refractivity contribution in [3.8, 4) is 0 Å². The third kappa shape index (κ3) is 6.88. The van der Waals surface area contributed by atoms with Crippen LogP contribution in [0.1, 0.15) is 58.3 Å². The molecular weight excluding hydrogens is 202 g/mol. The number of nitrogens with one attached hydrogen (secondary N) is 1. The molecule has 1 heterocycles. The summed E-state index contributed by atoms with van der Waals surface area (Å²) in [5.41, 5.74) is 0. The van der Waals surface area contributed by atoms with Crippen molar-refractivity contribution in [1.29, 1.82) is 0 Å². The maximum absolute atomic E-state index is 3.41. The summed E-state index contributed by atoms with van der Waals surface area (Å²) >= 11 is 2.04. The van der Waals surface area contributed by atoms with Gasteiger partial charge in [-0.3, -0.25) is 0 Å². The van der Waals surface area contributed by atoms with E-state index in [1.807, 2.05) is 11.8 Å². The average molecular weight is 227 g/mol. The largest absolute Gasteiger partial charge is 0.379 e. The Morgan fingerprint density at radius 2 is 1.87 bits per heavy atom. The molecule has 0 amide bonds. The van der Waals surface area contributed by atoms with Crippen LogP contribution in [0.4, 0.5) is 0 Å². The summed E-state index contributed by atoms with van der Waals surface area (Å²) in [6, 6.07) is 0. The van der Waals surface area contributed by atoms with E-state index in [-0.39, 0.29) is 0 Å². The molecule has 15 heavy (non-hydrogen) atoms. The molecule has 88 valence electrons. The standard InChI is InChI=1S/C13H25NS/c1-2-3-4-5-6-7-8-10-13-14-11-9-12-15-13/h9,11,13-14H,2-8,10,12H2,1H3. The van der Waals surface area contributed by atoms with Crippen molar-refractivity contribution in [2.24, 2.45) is 0 Å². The van der Waals surface area contributed by atoms with Crippen molar-refractivity contribution in [3.63, 3.8) is 0 Å². The van der Waals surface area contributed by atoms with E-state index in [1.165, 1.54) is 57.1 Å². The molecule has 0 aromatic carbocycles. The summed E-state index contributed by atoms with van der Waals surface area (Å²) in [6.07, 6.45) is 15.6. The topological polar surface area (TPSA) is 12.0 Å². The number of unbranched alkanes of at least 4 members (excludes halogenated alkanes) is 6. The van der Waals surface area contributed by atoms with E-state index in [1.54, 1.807) is 0 Å². The fraction of sp³-hybridized carbons (Fsp3) is 0.846. The molecule has 1 rings (SSSR count). The van der Waals surface area contributed by atoms with Gasteiger partial charge in [-0.05, 0) is 12.6 Å². The molecule has 0 fully saturated rings. The Labute approximate surface area is 99.1 Å². The quantitative estimate of drug-likeness (QED) is 0.620. The van der Waals surface area contributed by atoms with Crippen LogP contribution < -0.4 is 5.32 Å². The molecule has 0 saturated carbocycles. The van der Waals surface area contributed by atoms with Gasteiger partial charge in [-0.15, -0.1) is 11.8 Å². The molecule has 1 nitrogen and oxygen atoms in total. The minimum Gasteiger partial charge on any atom is -0.379 e. The third-order valence-corrected chi connectivity index (χ3v) is 4.02. The molecular formula is C13H25NS. The summed E-state index contributed by atoms with van der Waals surface area (Å²) in [4.78, 5) is 0. The maximum Gasteiger partial charge on any atom is 0.0720 e. The normalized spacial score (nSPS) is 20.2. The van der Waals surface area contributed by atoms with Crippen LogP contribution in [-0.4, -0.2) is 11.1 Å². The van der Waals surface area contributed by atoms with E-state index < -0.39 is 0 Å². The summed E-state index contributed by atoms with van der Waals surface area (Å²) in [7, 11) is 0. The first-order valence-corrected chi connectivity index (χ1v) is 7.51. The van der Waals surface area contributed by atoms with Crippen LogP contribution in [0.15, 0.2) is 12.3 Å². The van der Waals surface area contributed by atoms with Crippen LogP contribution in [0.25, 0.3) is 0 Å². The second kappa shape index (κ2) is 9.14. The third-order valence-electron chi connectivity index (χ3n) is 2.86. The molecule has 0 aromatic rings. The maximum atomic E-state index is 3.41. The lowest BCUT2D eigenvalue weighted by molar-refractivity contribution is 0.559. The Kier molecular flexibility index (Phi) is 7.90. The van der Waals surface area contributed by atoms with E-state index in [9.17, 15) is 0 Å². The van der Waals surface area contributed by atoms with Crippen LogP contribution in [0.2, 0.25) is 0 Å². The summed E-state index contributed by atoms with van der Waals surface area (Å²) < 4.78 is 0. The Balaban J connectivity index is 1.82. The molecule has 0 bridgehead atoms. The van der Waals surface area contributed by atoms with Gasteiger partial charge in [0.25, 0.3) is 0 Å². The SMILES string of the molecule is CCCCCCCCCC1NC=CCS1. The molecule has 0 saturated heterocycles. The lowest BCUT2D eigenvalue weighted by atomic mass is 10.1. The molecule has 0 aliphatic carbocycles. The zero-order valence-electron chi connectivity index (χ0n) is 10.0. The number of hydrogen-bond donors (Lipinski definition) is 1. The highest BCUT2D eigenvalue weighted by molar-refractivity contribution is 8.00. The van der Waals surface area contributed by atoms with Gasteiger partial charge in [0.15, 0.2) is 0 Å². The van der Waals surface area contributed by atoms with Gasteiger partial charge >= 0.3 is 0 Å². The van der Waals surface area contributed by atoms with E-state index in [0.29, 0.717) is 5.37 Å². The van der Waals surface area contributed by atoms with Crippen molar-refractivity contribution in [2.45, 2.75) is 63.7 Å². The molecule has 0 aromatic heterocycles. The van der Waals surface area contributed by atoms with Crippen molar-refractivity contribution < 1.29 is 0 Å². The lowest BCUT2D eigenvalue weighted by Crippen LogP contribution is -2.23. The number of thioether (sulfide) groups is 1. The first-order valence-electron chi connectivity index (χ1n) is 6.46. The molecule has 2 heteroatoms. The molecule has 0 radical (unpaired) electrons. The molecule has 1 aliphatic heterocycles. The van der Waals surface area contributed by atoms with Crippen LogP contribution in [-0.2, 0) is 0 Å². The summed E-state index contributed by atoms with van der Waals surface area (Å²) in [5.74, 6) is 1.19. The van der Waals surface area contributed by atoms with Gasteiger partial charge in [-0.1, -0.05) is 57.9 Å². The number of rotatable bonds is 8. The van der Waals surface area contributed by atoms with E-state index in [4.69, 9.17) is 0 Å². The summed E-state index contributed by atoms with van der Waals surface area (Å²) in [6.45, 7) is 2.28. The molecule has 1 aliphatic rings. The van der Waals surface area contributed by atoms with E-state index in [2.05, 4.69) is 24.5 Å². The summed E-state index contributed by atoms with van der Waals surface area (Å²) in [5, 5.41) is 4.10. The predicted molar refractivity (Wildman–Crippen MR) is 71.1 cm³/mol. The van der Waals surface area contributed by atoms with Gasteiger partial charge < -0.3 is 5.32 Å². The van der Waals surface area contributed by atoms with Crippen LogP contribution in [0.5, 0.6) is 0 Å². The molecule has 1 N–H and O–H groups in total. The predicted octanol–water partition coefficient (Wildman–Crippen LogP) is 4.30. The Hall–Kier alpha value is -0.110. The second-order valence-electron chi connectivity index (χ2n) is 4.30. The average Bonchev–Trinajstić information content (AvgIpc) is 2.29. The first kappa shape index (κ1) is 13.0. The van der Waals surface area contributed by atoms with E-state index in [0.717, 1.165) is 0 Å². The fourth-order valence-corrected chi connectivity index (χ4v) is 2.84. The van der Waals surface area contributed by atoms with Crippen LogP contribution >= 0.6 is 11.8 Å². The zero-order chi connectivity index (χ0) is 10.8. The number of hydrogen-bond acceptors (Lipinski definition) is 2. The van der Waals surface area contributed by atoms with E-state index >= 15 is 0 Å². The lowest BCUT2D eigenvalue weighted by Gasteiger charge is -2.19. The Bertz CT molecular complexity index is 168. The van der Waals surface area contributed by atoms with Gasteiger partial charge in [0.1, 0.15) is 0 Å². The molecule has 1 atom stereocenters. The molecule has 0 spiro atoms. The minimum absolute atomic E-state index is 0.686. The van der Waals surface area contributed by atoms with Crippen LogP contribution in [0.3, 0.4) is 0 Å². The van der Waals surface area contributed by atoms with Gasteiger partial charge in [0.2, 0.25) is 0 Å². The monoisotopic (exact) mass is 227 g/mol. The second-order valence-corrected chi connectivity index (χ2v) is 5.54. The van der Waals surface area contributed by atoms with Crippen molar-refractivity contribution in [2.75, 3.05) is 5.75 Å². The first-order chi connectivity index (χ1) is 7.43. The van der Waals surface area contributed by atoms with Crippen LogP contribution in [0, 0.1) is 0 Å². The zero-order valence-corrected chi connectivity index (χ0v) is 10.8. The van der Waals surface area contributed by atoms with Gasteiger partial charge in [-0.2, -0.15) is 0 Å². The van der Waals surface area contributed by atoms with Crippen molar-refractivity contribution >= 4 is 11.8 Å². The highest BCUT2D eigenvalue weighted by atomic mass is 32.2. The smallest absolute Gasteiger partial charge is 0.0720 e. The molecule has 1 unspecified atom stereocenters. The minimum atomic E-state index is 0.686. The Morgan fingerprint density at radius 1 is 1.13 bits per heavy atom. The Morgan fingerprint density at radius 3 is 2.53 bits per heavy atom. The van der Waals surface area contributed by atoms with Crippen molar-refractivity contribution in [3.05, 3.63) is 12.3 Å². The van der Waals surface area contributed by atoms with Crippen molar-refractivity contribution in [1.82, 2.24) is 5.32 Å². The highest BCUT2D eigenvalue weighted by Crippen LogP contribution is 2.19. The fourth-order valence-electron chi connectivity index (χ4n) is 1.90. The van der Waals surface area contributed by atoms with Gasteiger partial charge in [0.05, 0.1) is 5.37 Å². The van der Waals surface area contributed by atoms with Gasteiger partial charge in [-0.25, -0.2) is 0 Å². The highest BCUT2D eigenvalue weighted by Gasteiger charge is 2.07. The van der Waals surface area contributed by atoms with Gasteiger partial charge in [0, 0.05) is 5.75 Å².